The first-order valence-corrected chi connectivity index (χ1v) is 4.71. The Balaban J connectivity index is 2.50. The molecule has 0 amide bonds. The number of benzene rings is 1. The van der Waals surface area contributed by atoms with E-state index >= 15 is 0 Å². The van der Waals surface area contributed by atoms with Crippen LogP contribution in [0.4, 0.5) is 0 Å². The highest BCUT2D eigenvalue weighted by molar-refractivity contribution is 5.27. The van der Waals surface area contributed by atoms with Crippen molar-refractivity contribution in [1.82, 2.24) is 0 Å². The Bertz CT molecular complexity index is 276. The Morgan fingerprint density at radius 3 is 2.86 bits per heavy atom. The Kier molecular flexibility index (Phi) is 4.43. The molecule has 0 aliphatic rings. The molecule has 0 radical (unpaired) electrons. The van der Waals surface area contributed by atoms with Crippen LogP contribution in [0.25, 0.3) is 0 Å². The fraction of sp³-hybridized carbons (Fsp3) is 0.455. The first kappa shape index (κ1) is 11.0. The SMILES string of the molecule is COc1cccc(COC(C)CN)c1. The lowest BCUT2D eigenvalue weighted by Crippen LogP contribution is -2.19. The van der Waals surface area contributed by atoms with Crippen molar-refractivity contribution >= 4 is 0 Å². The van der Waals surface area contributed by atoms with Gasteiger partial charge in [0, 0.05) is 6.54 Å². The molecular formula is C11H17NO2. The predicted octanol–water partition coefficient (Wildman–Crippen LogP) is 1.56. The summed E-state index contributed by atoms with van der Waals surface area (Å²) in [6.45, 7) is 3.08. The van der Waals surface area contributed by atoms with Gasteiger partial charge in [0.15, 0.2) is 0 Å². The second kappa shape index (κ2) is 5.62. The normalized spacial score (nSPS) is 12.5. The summed E-state index contributed by atoms with van der Waals surface area (Å²) in [6, 6.07) is 7.83. The van der Waals surface area contributed by atoms with Gasteiger partial charge >= 0.3 is 0 Å². The number of nitrogens with two attached hydrogens (primary N) is 1. The van der Waals surface area contributed by atoms with Gasteiger partial charge in [0.25, 0.3) is 0 Å². The van der Waals surface area contributed by atoms with Gasteiger partial charge in [0.05, 0.1) is 19.8 Å². The van der Waals surface area contributed by atoms with Crippen molar-refractivity contribution in [1.29, 1.82) is 0 Å². The number of methoxy groups -OCH3 is 1. The molecule has 0 aromatic heterocycles. The molecule has 0 bridgehead atoms. The van der Waals surface area contributed by atoms with Gasteiger partial charge in [0.1, 0.15) is 5.75 Å². The number of rotatable bonds is 5. The summed E-state index contributed by atoms with van der Waals surface area (Å²) in [5, 5.41) is 0. The minimum absolute atomic E-state index is 0.0983. The van der Waals surface area contributed by atoms with Crippen molar-refractivity contribution in [3.05, 3.63) is 29.8 Å². The molecule has 0 saturated carbocycles. The number of hydrogen-bond donors (Lipinski definition) is 1. The lowest BCUT2D eigenvalue weighted by atomic mass is 10.2. The molecule has 0 fully saturated rings. The molecule has 3 nitrogen and oxygen atoms in total. The van der Waals surface area contributed by atoms with E-state index in [9.17, 15) is 0 Å². The van der Waals surface area contributed by atoms with Gasteiger partial charge in [-0.1, -0.05) is 12.1 Å². The van der Waals surface area contributed by atoms with Crippen LogP contribution in [0.5, 0.6) is 5.75 Å². The average Bonchev–Trinajstić information content (AvgIpc) is 2.26. The van der Waals surface area contributed by atoms with Gasteiger partial charge in [-0.05, 0) is 24.6 Å². The number of ether oxygens (including phenoxy) is 2. The third-order valence-corrected chi connectivity index (χ3v) is 2.00. The highest BCUT2D eigenvalue weighted by atomic mass is 16.5. The summed E-state index contributed by atoms with van der Waals surface area (Å²) >= 11 is 0. The maximum atomic E-state index is 5.50. The second-order valence-electron chi connectivity index (χ2n) is 3.21. The second-order valence-corrected chi connectivity index (χ2v) is 3.21. The van der Waals surface area contributed by atoms with Crippen LogP contribution in [-0.2, 0) is 11.3 Å². The number of hydrogen-bond acceptors (Lipinski definition) is 3. The Morgan fingerprint density at radius 1 is 1.43 bits per heavy atom. The standard InChI is InChI=1S/C11H17NO2/c1-9(7-12)14-8-10-4-3-5-11(6-10)13-2/h3-6,9H,7-8,12H2,1-2H3. The molecule has 0 aliphatic heterocycles. The van der Waals surface area contributed by atoms with Crippen molar-refractivity contribution in [2.75, 3.05) is 13.7 Å². The van der Waals surface area contributed by atoms with Crippen molar-refractivity contribution in [2.45, 2.75) is 19.6 Å². The molecule has 2 N–H and O–H groups in total. The first-order chi connectivity index (χ1) is 6.76. The monoisotopic (exact) mass is 195 g/mol. The summed E-state index contributed by atoms with van der Waals surface area (Å²) in [7, 11) is 1.66. The van der Waals surface area contributed by atoms with Crippen LogP contribution >= 0.6 is 0 Å². The van der Waals surface area contributed by atoms with Crippen LogP contribution in [0, 0.1) is 0 Å². The Hall–Kier alpha value is -1.06. The predicted molar refractivity (Wildman–Crippen MR) is 56.3 cm³/mol. The maximum absolute atomic E-state index is 5.50. The van der Waals surface area contributed by atoms with Crippen LogP contribution in [0.1, 0.15) is 12.5 Å². The summed E-state index contributed by atoms with van der Waals surface area (Å²) < 4.78 is 10.6. The highest BCUT2D eigenvalue weighted by Crippen LogP contribution is 2.13. The zero-order valence-electron chi connectivity index (χ0n) is 8.69. The van der Waals surface area contributed by atoms with Gasteiger partial charge in [0.2, 0.25) is 0 Å². The molecule has 0 heterocycles. The van der Waals surface area contributed by atoms with Crippen LogP contribution in [-0.4, -0.2) is 19.8 Å². The molecule has 0 aliphatic carbocycles. The summed E-state index contributed by atoms with van der Waals surface area (Å²) in [5.41, 5.74) is 6.54. The summed E-state index contributed by atoms with van der Waals surface area (Å²) in [5.74, 6) is 0.853. The lowest BCUT2D eigenvalue weighted by Gasteiger charge is -2.10. The summed E-state index contributed by atoms with van der Waals surface area (Å²) in [6.07, 6.45) is 0.0983. The molecule has 0 spiro atoms. The van der Waals surface area contributed by atoms with Gasteiger partial charge in [-0.15, -0.1) is 0 Å². The van der Waals surface area contributed by atoms with Gasteiger partial charge in [-0.25, -0.2) is 0 Å². The van der Waals surface area contributed by atoms with Crippen molar-refractivity contribution in [3.63, 3.8) is 0 Å². The minimum Gasteiger partial charge on any atom is -0.497 e. The molecule has 1 aromatic rings. The van der Waals surface area contributed by atoms with E-state index in [4.69, 9.17) is 15.2 Å². The lowest BCUT2D eigenvalue weighted by molar-refractivity contribution is 0.0589. The largest absolute Gasteiger partial charge is 0.497 e. The van der Waals surface area contributed by atoms with Crippen LogP contribution in [0.2, 0.25) is 0 Å². The molecule has 3 heteroatoms. The minimum atomic E-state index is 0.0983. The Labute approximate surface area is 84.8 Å². The molecular weight excluding hydrogens is 178 g/mol. The van der Waals surface area contributed by atoms with E-state index in [0.29, 0.717) is 13.2 Å². The van der Waals surface area contributed by atoms with Crippen LogP contribution in [0.3, 0.4) is 0 Å². The molecule has 1 unspecified atom stereocenters. The fourth-order valence-corrected chi connectivity index (χ4v) is 1.07. The zero-order valence-corrected chi connectivity index (χ0v) is 8.69. The van der Waals surface area contributed by atoms with Crippen LogP contribution < -0.4 is 10.5 Å². The van der Waals surface area contributed by atoms with Crippen molar-refractivity contribution in [3.8, 4) is 5.75 Å². The van der Waals surface area contributed by atoms with Gasteiger partial charge in [-0.3, -0.25) is 0 Å². The summed E-state index contributed by atoms with van der Waals surface area (Å²) in [4.78, 5) is 0. The van der Waals surface area contributed by atoms with Crippen molar-refractivity contribution in [2.24, 2.45) is 5.73 Å². The topological polar surface area (TPSA) is 44.5 Å². The molecule has 1 atom stereocenters. The van der Waals surface area contributed by atoms with E-state index in [1.54, 1.807) is 7.11 Å². The van der Waals surface area contributed by atoms with E-state index in [0.717, 1.165) is 11.3 Å². The molecule has 78 valence electrons. The van der Waals surface area contributed by atoms with Gasteiger partial charge in [-0.2, -0.15) is 0 Å². The molecule has 1 aromatic carbocycles. The average molecular weight is 195 g/mol. The third kappa shape index (κ3) is 3.36. The molecule has 14 heavy (non-hydrogen) atoms. The van der Waals surface area contributed by atoms with E-state index in [2.05, 4.69) is 0 Å². The molecule has 1 rings (SSSR count). The zero-order chi connectivity index (χ0) is 10.4. The van der Waals surface area contributed by atoms with Gasteiger partial charge < -0.3 is 15.2 Å². The van der Waals surface area contributed by atoms with E-state index in [-0.39, 0.29) is 6.10 Å². The van der Waals surface area contributed by atoms with E-state index in [1.807, 2.05) is 31.2 Å². The van der Waals surface area contributed by atoms with Crippen LogP contribution in [0.15, 0.2) is 24.3 Å². The highest BCUT2D eigenvalue weighted by Gasteiger charge is 2.00. The smallest absolute Gasteiger partial charge is 0.119 e. The van der Waals surface area contributed by atoms with E-state index < -0.39 is 0 Å². The van der Waals surface area contributed by atoms with Crippen molar-refractivity contribution < 1.29 is 9.47 Å². The molecule has 0 saturated heterocycles. The quantitative estimate of drug-likeness (QED) is 0.775. The maximum Gasteiger partial charge on any atom is 0.119 e. The third-order valence-electron chi connectivity index (χ3n) is 2.00. The Morgan fingerprint density at radius 2 is 2.21 bits per heavy atom. The first-order valence-electron chi connectivity index (χ1n) is 4.71. The van der Waals surface area contributed by atoms with E-state index in [1.165, 1.54) is 0 Å². The fourth-order valence-electron chi connectivity index (χ4n) is 1.07.